The van der Waals surface area contributed by atoms with Gasteiger partial charge in [0.05, 0.1) is 22.2 Å². The second-order valence-corrected chi connectivity index (χ2v) is 5.00. The van der Waals surface area contributed by atoms with Crippen molar-refractivity contribution in [2.45, 2.75) is 6.92 Å². The Bertz CT molecular complexity index is 592. The van der Waals surface area contributed by atoms with Crippen molar-refractivity contribution < 1.29 is 4.74 Å². The number of methoxy groups -OCH3 is 1. The molecule has 0 radical (unpaired) electrons. The van der Waals surface area contributed by atoms with E-state index < -0.39 is 0 Å². The van der Waals surface area contributed by atoms with E-state index in [0.29, 0.717) is 22.2 Å². The van der Waals surface area contributed by atoms with Gasteiger partial charge in [-0.1, -0.05) is 17.7 Å². The number of anilines is 1. The molecule has 0 aliphatic heterocycles. The van der Waals surface area contributed by atoms with Crippen molar-refractivity contribution in [3.05, 3.63) is 33.9 Å². The zero-order chi connectivity index (χ0) is 13.8. The molecule has 0 atom stereocenters. The highest BCUT2D eigenvalue weighted by Gasteiger charge is 2.14. The van der Waals surface area contributed by atoms with Gasteiger partial charge in [0.25, 0.3) is 0 Å². The minimum absolute atomic E-state index is 0.529. The van der Waals surface area contributed by atoms with Crippen LogP contribution in [-0.2, 0) is 0 Å². The summed E-state index contributed by atoms with van der Waals surface area (Å²) in [5.41, 5.74) is 0.693. The fourth-order valence-corrected chi connectivity index (χ4v) is 2.25. The van der Waals surface area contributed by atoms with Crippen LogP contribution in [0.4, 0.5) is 5.82 Å². The van der Waals surface area contributed by atoms with E-state index in [0.717, 1.165) is 16.8 Å². The largest absolute Gasteiger partial charge is 0.496 e. The molecule has 0 saturated heterocycles. The van der Waals surface area contributed by atoms with Gasteiger partial charge in [-0.2, -0.15) is 0 Å². The molecule has 0 spiro atoms. The van der Waals surface area contributed by atoms with E-state index in [1.165, 1.54) is 0 Å². The van der Waals surface area contributed by atoms with Crippen LogP contribution in [0.25, 0.3) is 11.4 Å². The van der Waals surface area contributed by atoms with Gasteiger partial charge in [-0.15, -0.1) is 0 Å². The molecule has 0 aliphatic rings. The van der Waals surface area contributed by atoms with E-state index in [2.05, 4.69) is 31.2 Å². The Morgan fingerprint density at radius 3 is 2.89 bits per heavy atom. The SMILES string of the molecule is CCNc1nc(-c2c(Cl)cccc2OC)ncc1Br. The molecular weight excluding hydrogens is 330 g/mol. The first-order chi connectivity index (χ1) is 9.17. The first-order valence-electron chi connectivity index (χ1n) is 5.76. The van der Waals surface area contributed by atoms with Gasteiger partial charge in [0.1, 0.15) is 11.6 Å². The fourth-order valence-electron chi connectivity index (χ4n) is 1.67. The molecule has 1 N–H and O–H groups in total. The molecule has 100 valence electrons. The molecule has 0 bridgehead atoms. The lowest BCUT2D eigenvalue weighted by atomic mass is 10.2. The average molecular weight is 343 g/mol. The topological polar surface area (TPSA) is 47.0 Å². The number of aromatic nitrogens is 2. The van der Waals surface area contributed by atoms with Crippen molar-refractivity contribution in [2.75, 3.05) is 19.0 Å². The van der Waals surface area contributed by atoms with Crippen LogP contribution in [0.3, 0.4) is 0 Å². The summed E-state index contributed by atoms with van der Waals surface area (Å²) in [4.78, 5) is 8.77. The molecule has 0 fully saturated rings. The molecular formula is C13H13BrClN3O. The smallest absolute Gasteiger partial charge is 0.166 e. The van der Waals surface area contributed by atoms with E-state index >= 15 is 0 Å². The molecule has 0 unspecified atom stereocenters. The van der Waals surface area contributed by atoms with E-state index in [9.17, 15) is 0 Å². The molecule has 1 heterocycles. The summed E-state index contributed by atoms with van der Waals surface area (Å²) < 4.78 is 6.12. The summed E-state index contributed by atoms with van der Waals surface area (Å²) in [5, 5.41) is 3.72. The molecule has 2 rings (SSSR count). The number of benzene rings is 1. The molecule has 2 aromatic rings. The molecule has 0 saturated carbocycles. The normalized spacial score (nSPS) is 10.3. The van der Waals surface area contributed by atoms with E-state index in [1.54, 1.807) is 19.4 Å². The van der Waals surface area contributed by atoms with Crippen molar-refractivity contribution in [3.63, 3.8) is 0 Å². The molecule has 1 aromatic carbocycles. The second kappa shape index (κ2) is 6.21. The summed E-state index contributed by atoms with van der Waals surface area (Å²) in [6, 6.07) is 5.45. The molecule has 19 heavy (non-hydrogen) atoms. The maximum Gasteiger partial charge on any atom is 0.166 e. The Morgan fingerprint density at radius 2 is 2.21 bits per heavy atom. The summed E-state index contributed by atoms with van der Waals surface area (Å²) >= 11 is 9.63. The van der Waals surface area contributed by atoms with Gasteiger partial charge in [-0.05, 0) is 35.0 Å². The van der Waals surface area contributed by atoms with Gasteiger partial charge < -0.3 is 10.1 Å². The summed E-state index contributed by atoms with van der Waals surface area (Å²) in [5.74, 6) is 1.91. The number of hydrogen-bond acceptors (Lipinski definition) is 4. The van der Waals surface area contributed by atoms with Crippen LogP contribution in [-0.4, -0.2) is 23.6 Å². The Morgan fingerprint density at radius 1 is 1.42 bits per heavy atom. The number of nitrogens with zero attached hydrogens (tertiary/aromatic N) is 2. The van der Waals surface area contributed by atoms with Gasteiger partial charge >= 0.3 is 0 Å². The van der Waals surface area contributed by atoms with Crippen molar-refractivity contribution in [1.82, 2.24) is 9.97 Å². The molecule has 4 nitrogen and oxygen atoms in total. The second-order valence-electron chi connectivity index (χ2n) is 3.74. The van der Waals surface area contributed by atoms with Crippen LogP contribution in [0.2, 0.25) is 5.02 Å². The highest BCUT2D eigenvalue weighted by atomic mass is 79.9. The van der Waals surface area contributed by atoms with Crippen molar-refractivity contribution >= 4 is 33.3 Å². The van der Waals surface area contributed by atoms with E-state index in [1.807, 2.05) is 19.1 Å². The van der Waals surface area contributed by atoms with Gasteiger partial charge in [0.15, 0.2) is 5.82 Å². The van der Waals surface area contributed by atoms with Gasteiger partial charge in [0, 0.05) is 12.7 Å². The maximum atomic E-state index is 6.22. The van der Waals surface area contributed by atoms with Crippen molar-refractivity contribution in [1.29, 1.82) is 0 Å². The predicted molar refractivity (Wildman–Crippen MR) is 80.9 cm³/mol. The third-order valence-corrected chi connectivity index (χ3v) is 3.40. The number of hydrogen-bond donors (Lipinski definition) is 1. The Hall–Kier alpha value is -1.33. The number of rotatable bonds is 4. The molecule has 1 aromatic heterocycles. The highest BCUT2D eigenvalue weighted by molar-refractivity contribution is 9.10. The monoisotopic (exact) mass is 341 g/mol. The third kappa shape index (κ3) is 2.98. The molecule has 0 aliphatic carbocycles. The van der Waals surface area contributed by atoms with E-state index in [-0.39, 0.29) is 0 Å². The van der Waals surface area contributed by atoms with Crippen molar-refractivity contribution in [2.24, 2.45) is 0 Å². The first kappa shape index (κ1) is 14.1. The lowest BCUT2D eigenvalue weighted by Gasteiger charge is -2.11. The summed E-state index contributed by atoms with van der Waals surface area (Å²) in [6.07, 6.45) is 1.70. The van der Waals surface area contributed by atoms with Gasteiger partial charge in [0.2, 0.25) is 0 Å². The maximum absolute atomic E-state index is 6.22. The number of halogens is 2. The summed E-state index contributed by atoms with van der Waals surface area (Å²) in [6.45, 7) is 2.78. The van der Waals surface area contributed by atoms with Crippen LogP contribution >= 0.6 is 27.5 Å². The lowest BCUT2D eigenvalue weighted by Crippen LogP contribution is -2.03. The Balaban J connectivity index is 2.56. The van der Waals surface area contributed by atoms with Crippen LogP contribution in [0.1, 0.15) is 6.92 Å². The standard InChI is InChI=1S/C13H13BrClN3O/c1-3-16-12-8(14)7-17-13(18-12)11-9(15)5-4-6-10(11)19-2/h4-7H,3H2,1-2H3,(H,16,17,18). The van der Waals surface area contributed by atoms with Crippen LogP contribution < -0.4 is 10.1 Å². The van der Waals surface area contributed by atoms with Gasteiger partial charge in [-0.3, -0.25) is 0 Å². The van der Waals surface area contributed by atoms with E-state index in [4.69, 9.17) is 16.3 Å². The molecule has 0 amide bonds. The number of nitrogens with one attached hydrogen (secondary N) is 1. The zero-order valence-corrected chi connectivity index (χ0v) is 12.9. The van der Waals surface area contributed by atoms with Gasteiger partial charge in [-0.25, -0.2) is 9.97 Å². The summed E-state index contributed by atoms with van der Waals surface area (Å²) in [7, 11) is 1.60. The third-order valence-electron chi connectivity index (χ3n) is 2.51. The Kier molecular flexibility index (Phi) is 4.61. The highest BCUT2D eigenvalue weighted by Crippen LogP contribution is 2.35. The lowest BCUT2D eigenvalue weighted by molar-refractivity contribution is 0.416. The zero-order valence-electron chi connectivity index (χ0n) is 10.6. The minimum Gasteiger partial charge on any atom is -0.496 e. The van der Waals surface area contributed by atoms with Crippen LogP contribution in [0, 0.1) is 0 Å². The predicted octanol–water partition coefficient (Wildman–Crippen LogP) is 4.00. The van der Waals surface area contributed by atoms with Crippen LogP contribution in [0.5, 0.6) is 5.75 Å². The van der Waals surface area contributed by atoms with Crippen molar-refractivity contribution in [3.8, 4) is 17.1 Å². The molecule has 6 heteroatoms. The van der Waals surface area contributed by atoms with Crippen LogP contribution in [0.15, 0.2) is 28.9 Å². The number of ether oxygens (including phenoxy) is 1. The first-order valence-corrected chi connectivity index (χ1v) is 6.93. The minimum atomic E-state index is 0.529. The fraction of sp³-hybridized carbons (Fsp3) is 0.231. The quantitative estimate of drug-likeness (QED) is 0.912. The average Bonchev–Trinajstić information content (AvgIpc) is 2.41. The Labute approximate surface area is 125 Å².